The van der Waals surface area contributed by atoms with Crippen LogP contribution in [0.25, 0.3) is 0 Å². The lowest BCUT2D eigenvalue weighted by Crippen LogP contribution is -2.32. The molecule has 33 heavy (non-hydrogen) atoms. The molecule has 0 bridgehead atoms. The Bertz CT molecular complexity index is 1340. The van der Waals surface area contributed by atoms with Gasteiger partial charge in [-0.25, -0.2) is 9.98 Å². The molecule has 3 heterocycles. The maximum Gasteiger partial charge on any atom is 0.534 e. The summed E-state index contributed by atoms with van der Waals surface area (Å²) in [4.78, 5) is 8.69. The number of fused-ring (bicyclic) bond motifs is 4. The van der Waals surface area contributed by atoms with Crippen LogP contribution in [0.2, 0.25) is 0 Å². The first-order valence-corrected chi connectivity index (χ1v) is 11.0. The molecule has 174 valence electrons. The summed E-state index contributed by atoms with van der Waals surface area (Å²) in [5.74, 6) is 5.89. The molecule has 0 amide bonds. The van der Waals surface area contributed by atoms with E-state index in [-0.39, 0.29) is 35.2 Å². The third-order valence-electron chi connectivity index (χ3n) is 4.70. The fraction of sp³-hybridized carbons (Fsp3) is 0.333. The number of amidine groups is 1. The normalized spacial score (nSPS) is 19.4. The minimum Gasteiger partial charge on any atom is -0.462 e. The zero-order valence-electron chi connectivity index (χ0n) is 17.6. The molecule has 0 fully saturated rings. The predicted molar refractivity (Wildman–Crippen MR) is 111 cm³/mol. The van der Waals surface area contributed by atoms with Gasteiger partial charge in [0, 0.05) is 22.7 Å². The van der Waals surface area contributed by atoms with Crippen molar-refractivity contribution in [2.45, 2.75) is 31.8 Å². The molecular weight excluding hydrogens is 463 g/mol. The second-order valence-corrected chi connectivity index (χ2v) is 9.96. The molecule has 1 aromatic heterocycles. The number of halogens is 3. The Balaban J connectivity index is 1.85. The summed E-state index contributed by atoms with van der Waals surface area (Å²) in [7, 11) is -5.87. The van der Waals surface area contributed by atoms with Gasteiger partial charge in [-0.15, -0.1) is 0 Å². The first kappa shape index (κ1) is 22.7. The van der Waals surface area contributed by atoms with Crippen molar-refractivity contribution < 1.29 is 35.2 Å². The molecule has 0 radical (unpaired) electrons. The molecule has 0 saturated carbocycles. The van der Waals surface area contributed by atoms with Gasteiger partial charge in [-0.3, -0.25) is 0 Å². The average molecular weight is 481 g/mol. The lowest BCUT2D eigenvalue weighted by atomic mass is 9.82. The zero-order chi connectivity index (χ0) is 24.2. The smallest absolute Gasteiger partial charge is 0.462 e. The molecule has 1 spiro atoms. The summed E-state index contributed by atoms with van der Waals surface area (Å²) in [6.45, 7) is 5.71. The number of benzene rings is 1. The van der Waals surface area contributed by atoms with Gasteiger partial charge in [0.15, 0.2) is 5.54 Å². The molecule has 0 aliphatic carbocycles. The Morgan fingerprint density at radius 1 is 1.18 bits per heavy atom. The Morgan fingerprint density at radius 2 is 1.91 bits per heavy atom. The van der Waals surface area contributed by atoms with Crippen molar-refractivity contribution in [3.05, 3.63) is 47.2 Å². The van der Waals surface area contributed by atoms with Crippen LogP contribution in [0.5, 0.6) is 17.4 Å². The largest absolute Gasteiger partial charge is 0.534 e. The highest BCUT2D eigenvalue weighted by atomic mass is 32.2. The highest BCUT2D eigenvalue weighted by Gasteiger charge is 2.50. The van der Waals surface area contributed by atoms with E-state index in [1.54, 1.807) is 6.07 Å². The van der Waals surface area contributed by atoms with Crippen molar-refractivity contribution in [1.82, 2.24) is 4.98 Å². The summed E-state index contributed by atoms with van der Waals surface area (Å²) >= 11 is 0. The van der Waals surface area contributed by atoms with Crippen LogP contribution < -0.4 is 14.7 Å². The minimum atomic E-state index is -5.87. The molecule has 12 heteroatoms. The SMILES string of the molecule is CC(C)(C)C#Cc1cnc2c(c1)[C@]1(COC(N)=N1)c1cc(OS(=O)(=O)C(F)(F)F)ccc1O2. The van der Waals surface area contributed by atoms with E-state index in [0.29, 0.717) is 11.1 Å². The molecular formula is C21H18F3N3O5S. The molecule has 0 saturated heterocycles. The van der Waals surface area contributed by atoms with Gasteiger partial charge in [0.1, 0.15) is 18.1 Å². The summed E-state index contributed by atoms with van der Waals surface area (Å²) in [6, 6.07) is 4.91. The van der Waals surface area contributed by atoms with Crippen molar-refractivity contribution >= 4 is 16.1 Å². The lowest BCUT2D eigenvalue weighted by Gasteiger charge is -2.32. The van der Waals surface area contributed by atoms with Crippen molar-refractivity contribution in [2.75, 3.05) is 6.61 Å². The molecule has 2 aromatic rings. The number of nitrogens with two attached hydrogens (primary N) is 1. The minimum absolute atomic E-state index is 0.116. The van der Waals surface area contributed by atoms with Gasteiger partial charge in [0.05, 0.1) is 5.56 Å². The molecule has 1 aromatic carbocycles. The molecule has 8 nitrogen and oxygen atoms in total. The molecule has 0 unspecified atom stereocenters. The maximum atomic E-state index is 12.8. The van der Waals surface area contributed by atoms with Gasteiger partial charge in [0.2, 0.25) is 5.88 Å². The van der Waals surface area contributed by atoms with Crippen molar-refractivity contribution in [3.8, 4) is 29.2 Å². The third kappa shape index (κ3) is 4.16. The summed E-state index contributed by atoms with van der Waals surface area (Å²) in [5.41, 5.74) is -0.285. The van der Waals surface area contributed by atoms with Crippen LogP contribution in [-0.2, 0) is 20.4 Å². The number of aromatic nitrogens is 1. The monoisotopic (exact) mass is 481 g/mol. The van der Waals surface area contributed by atoms with E-state index in [1.165, 1.54) is 12.3 Å². The van der Waals surface area contributed by atoms with Crippen LogP contribution in [0.3, 0.4) is 0 Å². The van der Waals surface area contributed by atoms with Crippen LogP contribution in [0, 0.1) is 17.3 Å². The Morgan fingerprint density at radius 3 is 2.52 bits per heavy atom. The fourth-order valence-electron chi connectivity index (χ4n) is 3.26. The number of hydrogen-bond acceptors (Lipinski definition) is 8. The zero-order valence-corrected chi connectivity index (χ0v) is 18.5. The van der Waals surface area contributed by atoms with Crippen LogP contribution in [-0.4, -0.2) is 31.5 Å². The number of alkyl halides is 3. The Kier molecular flexibility index (Phi) is 5.01. The summed E-state index contributed by atoms with van der Waals surface area (Å²) in [6.07, 6.45) is 1.52. The number of pyridine rings is 1. The van der Waals surface area contributed by atoms with Gasteiger partial charge in [0.25, 0.3) is 6.02 Å². The van der Waals surface area contributed by atoms with Crippen LogP contribution in [0.4, 0.5) is 13.2 Å². The van der Waals surface area contributed by atoms with Crippen LogP contribution in [0.15, 0.2) is 35.5 Å². The fourth-order valence-corrected chi connectivity index (χ4v) is 3.71. The molecule has 2 N–H and O–H groups in total. The van der Waals surface area contributed by atoms with Gasteiger partial charge in [-0.1, -0.05) is 11.8 Å². The molecule has 1 atom stereocenters. The van der Waals surface area contributed by atoms with E-state index >= 15 is 0 Å². The van der Waals surface area contributed by atoms with Crippen molar-refractivity contribution in [1.29, 1.82) is 0 Å². The Labute approximate surface area is 187 Å². The van der Waals surface area contributed by atoms with E-state index < -0.39 is 26.9 Å². The van der Waals surface area contributed by atoms with E-state index in [0.717, 1.165) is 12.1 Å². The Hall–Kier alpha value is -3.46. The quantitative estimate of drug-likeness (QED) is 0.397. The summed E-state index contributed by atoms with van der Waals surface area (Å²) < 4.78 is 76.8. The second-order valence-electron chi connectivity index (χ2n) is 8.42. The number of ether oxygens (including phenoxy) is 2. The van der Waals surface area contributed by atoms with E-state index in [4.69, 9.17) is 15.2 Å². The van der Waals surface area contributed by atoms with Gasteiger partial charge in [-0.05, 0) is 45.0 Å². The number of hydrogen-bond donors (Lipinski definition) is 1. The number of nitrogens with zero attached hydrogens (tertiary/aromatic N) is 2. The van der Waals surface area contributed by atoms with Crippen LogP contribution >= 0.6 is 0 Å². The number of rotatable bonds is 2. The average Bonchev–Trinajstić information content (AvgIpc) is 3.08. The standard InChI is InChI=1S/C21H18F3N3O5S/c1-19(2,3)7-6-12-8-15-17(26-10-12)31-16-5-4-13(32-33(28,29)21(22,23)24)9-14(16)20(15)11-30-18(25)27-20/h4-5,8-10H,11H2,1-3H3,(H2,25,27)/t20-/m0/s1. The highest BCUT2D eigenvalue weighted by molar-refractivity contribution is 7.88. The first-order chi connectivity index (χ1) is 15.2. The third-order valence-corrected chi connectivity index (χ3v) is 5.68. The van der Waals surface area contributed by atoms with Gasteiger partial charge >= 0.3 is 15.6 Å². The molecule has 4 rings (SSSR count). The van der Waals surface area contributed by atoms with Gasteiger partial charge < -0.3 is 19.4 Å². The first-order valence-electron chi connectivity index (χ1n) is 9.55. The summed E-state index contributed by atoms with van der Waals surface area (Å²) in [5, 5.41) is 0. The van der Waals surface area contributed by atoms with Crippen molar-refractivity contribution in [2.24, 2.45) is 16.1 Å². The highest BCUT2D eigenvalue weighted by Crippen LogP contribution is 2.51. The molecule has 2 aliphatic rings. The maximum absolute atomic E-state index is 12.8. The van der Waals surface area contributed by atoms with E-state index in [9.17, 15) is 21.6 Å². The van der Waals surface area contributed by atoms with Gasteiger partial charge in [-0.2, -0.15) is 21.6 Å². The van der Waals surface area contributed by atoms with Crippen LogP contribution in [0.1, 0.15) is 37.5 Å². The van der Waals surface area contributed by atoms with E-state index in [1.807, 2.05) is 20.8 Å². The molecule has 2 aliphatic heterocycles. The van der Waals surface area contributed by atoms with E-state index in [2.05, 4.69) is 26.0 Å². The second kappa shape index (κ2) is 7.28. The number of aliphatic imine (C=N–C) groups is 1. The predicted octanol–water partition coefficient (Wildman–Crippen LogP) is 3.40. The topological polar surface area (TPSA) is 113 Å². The lowest BCUT2D eigenvalue weighted by molar-refractivity contribution is -0.0500. The van der Waals surface area contributed by atoms with Crippen molar-refractivity contribution in [3.63, 3.8) is 0 Å².